The Morgan fingerprint density at radius 3 is 2.62 bits per heavy atom. The van der Waals surface area contributed by atoms with Gasteiger partial charge in [0, 0.05) is 31.6 Å². The first-order valence-electron chi connectivity index (χ1n) is 7.49. The lowest BCUT2D eigenvalue weighted by Gasteiger charge is -2.22. The van der Waals surface area contributed by atoms with E-state index in [1.165, 1.54) is 24.1 Å². The number of amides is 1. The first kappa shape index (κ1) is 20.4. The number of nitrogens with one attached hydrogen (secondary N) is 1. The van der Waals surface area contributed by atoms with Crippen LogP contribution in [0, 0.1) is 0 Å². The minimum absolute atomic E-state index is 0. The zero-order chi connectivity index (χ0) is 18.2. The van der Waals surface area contributed by atoms with Gasteiger partial charge < -0.3 is 19.1 Å². The van der Waals surface area contributed by atoms with Crippen molar-refractivity contribution in [1.82, 2.24) is 10.2 Å². The van der Waals surface area contributed by atoms with Crippen LogP contribution in [0.15, 0.2) is 12.1 Å². The summed E-state index contributed by atoms with van der Waals surface area (Å²) in [5.74, 6) is -3.07. The van der Waals surface area contributed by atoms with E-state index in [9.17, 15) is 22.4 Å². The molecule has 2 aliphatic rings. The molecule has 1 N–H and O–H groups in total. The molecule has 2 heterocycles. The highest BCUT2D eigenvalue weighted by Crippen LogP contribution is 2.39. The maximum Gasteiger partial charge on any atom is 0.387 e. The number of hydrogen-bond acceptors (Lipinski definition) is 5. The monoisotopic (exact) mass is 400 g/mol. The second-order valence-electron chi connectivity index (χ2n) is 5.88. The highest BCUT2D eigenvalue weighted by molar-refractivity contribution is 5.85. The van der Waals surface area contributed by atoms with Gasteiger partial charge in [0.1, 0.15) is 5.75 Å². The van der Waals surface area contributed by atoms with Crippen LogP contribution >= 0.6 is 12.4 Å². The normalized spacial score (nSPS) is 20.0. The van der Waals surface area contributed by atoms with Crippen LogP contribution in [0.2, 0.25) is 0 Å². The summed E-state index contributed by atoms with van der Waals surface area (Å²) >= 11 is 0. The molecule has 0 radical (unpaired) electrons. The van der Waals surface area contributed by atoms with Gasteiger partial charge in [-0.2, -0.15) is 8.78 Å². The van der Waals surface area contributed by atoms with Crippen LogP contribution in [0.1, 0.15) is 12.0 Å². The van der Waals surface area contributed by atoms with Crippen molar-refractivity contribution in [2.45, 2.75) is 31.5 Å². The lowest BCUT2D eigenvalue weighted by Crippen LogP contribution is -2.41. The van der Waals surface area contributed by atoms with Crippen LogP contribution in [-0.2, 0) is 11.3 Å². The summed E-state index contributed by atoms with van der Waals surface area (Å²) in [5, 5.41) is 2.46. The number of hydrogen-bond donors (Lipinski definition) is 1. The third-order valence-corrected chi connectivity index (χ3v) is 3.96. The van der Waals surface area contributed by atoms with Gasteiger partial charge in [-0.3, -0.25) is 10.1 Å². The number of alkyl halides is 4. The molecule has 26 heavy (non-hydrogen) atoms. The molecule has 1 saturated heterocycles. The summed E-state index contributed by atoms with van der Waals surface area (Å²) in [7, 11) is 1.40. The van der Waals surface area contributed by atoms with E-state index in [1.54, 1.807) is 0 Å². The van der Waals surface area contributed by atoms with Gasteiger partial charge in [-0.1, -0.05) is 0 Å². The Morgan fingerprint density at radius 1 is 1.38 bits per heavy atom. The molecule has 1 unspecified atom stereocenters. The van der Waals surface area contributed by atoms with Gasteiger partial charge in [-0.25, -0.2) is 8.78 Å². The minimum atomic E-state index is -3.06. The summed E-state index contributed by atoms with van der Waals surface area (Å²) in [6.45, 7) is -3.79. The largest absolute Gasteiger partial charge is 0.454 e. The maximum atomic E-state index is 13.2. The molecule has 1 aromatic carbocycles. The molecule has 146 valence electrons. The maximum absolute atomic E-state index is 13.2. The molecule has 6 nitrogen and oxygen atoms in total. The zero-order valence-electron chi connectivity index (χ0n) is 13.6. The van der Waals surface area contributed by atoms with Crippen LogP contribution in [0.5, 0.6) is 17.2 Å². The third-order valence-electron chi connectivity index (χ3n) is 3.96. The van der Waals surface area contributed by atoms with Crippen LogP contribution in [0.4, 0.5) is 17.6 Å². The molecule has 0 spiro atoms. The SMILES string of the molecule is CN(Cc1cc2c(cc1OC(F)F)OCO2)C(=O)C1CC(F)(F)CN1.Cl. The van der Waals surface area contributed by atoms with E-state index in [0.29, 0.717) is 5.75 Å². The second kappa shape index (κ2) is 7.75. The van der Waals surface area contributed by atoms with E-state index in [4.69, 9.17) is 9.47 Å². The van der Waals surface area contributed by atoms with Crippen molar-refractivity contribution in [3.63, 3.8) is 0 Å². The fourth-order valence-corrected chi connectivity index (χ4v) is 2.78. The number of nitrogens with zero attached hydrogens (tertiary/aromatic N) is 1. The predicted molar refractivity (Wildman–Crippen MR) is 84.3 cm³/mol. The summed E-state index contributed by atoms with van der Waals surface area (Å²) in [6.07, 6.45) is -0.600. The molecule has 3 rings (SSSR count). The van der Waals surface area contributed by atoms with E-state index in [1.807, 2.05) is 0 Å². The molecule has 2 aliphatic heterocycles. The molecular formula is C15H17ClF4N2O4. The Bertz CT molecular complexity index is 677. The number of rotatable bonds is 5. The van der Waals surface area contributed by atoms with E-state index < -0.39 is 37.4 Å². The van der Waals surface area contributed by atoms with Gasteiger partial charge in [0.25, 0.3) is 5.92 Å². The second-order valence-corrected chi connectivity index (χ2v) is 5.88. The Morgan fingerprint density at radius 2 is 2.04 bits per heavy atom. The van der Waals surface area contributed by atoms with Gasteiger partial charge in [-0.05, 0) is 6.07 Å². The summed E-state index contributed by atoms with van der Waals surface area (Å²) in [6, 6.07) is 1.67. The van der Waals surface area contributed by atoms with E-state index in [-0.39, 0.29) is 42.8 Å². The smallest absolute Gasteiger partial charge is 0.387 e. The minimum Gasteiger partial charge on any atom is -0.454 e. The first-order chi connectivity index (χ1) is 11.7. The first-order valence-corrected chi connectivity index (χ1v) is 7.49. The Hall–Kier alpha value is -1.94. The fourth-order valence-electron chi connectivity index (χ4n) is 2.78. The molecule has 0 bridgehead atoms. The number of ether oxygens (including phenoxy) is 3. The van der Waals surface area contributed by atoms with Crippen molar-refractivity contribution in [1.29, 1.82) is 0 Å². The third kappa shape index (κ3) is 4.42. The molecule has 11 heteroatoms. The van der Waals surface area contributed by atoms with Crippen molar-refractivity contribution < 1.29 is 36.6 Å². The van der Waals surface area contributed by atoms with E-state index in [0.717, 1.165) is 0 Å². The van der Waals surface area contributed by atoms with Crippen LogP contribution in [-0.4, -0.2) is 49.8 Å². The van der Waals surface area contributed by atoms with Crippen LogP contribution < -0.4 is 19.5 Å². The molecule has 0 saturated carbocycles. The molecule has 1 atom stereocenters. The van der Waals surface area contributed by atoms with Gasteiger partial charge >= 0.3 is 6.61 Å². The fraction of sp³-hybridized carbons (Fsp3) is 0.533. The number of carbonyl (C=O) groups is 1. The van der Waals surface area contributed by atoms with Gasteiger partial charge in [0.2, 0.25) is 12.7 Å². The average molecular weight is 401 g/mol. The molecular weight excluding hydrogens is 384 g/mol. The Kier molecular flexibility index (Phi) is 6.07. The number of halogens is 5. The highest BCUT2D eigenvalue weighted by Gasteiger charge is 2.43. The van der Waals surface area contributed by atoms with Crippen molar-refractivity contribution >= 4 is 18.3 Å². The van der Waals surface area contributed by atoms with Gasteiger partial charge in [0.15, 0.2) is 11.5 Å². The molecule has 1 aromatic rings. The highest BCUT2D eigenvalue weighted by atomic mass is 35.5. The topological polar surface area (TPSA) is 60.0 Å². The summed E-state index contributed by atoms with van der Waals surface area (Å²) < 4.78 is 66.5. The number of fused-ring (bicyclic) bond motifs is 1. The molecule has 1 amide bonds. The zero-order valence-corrected chi connectivity index (χ0v) is 14.5. The van der Waals surface area contributed by atoms with E-state index >= 15 is 0 Å². The van der Waals surface area contributed by atoms with Crippen LogP contribution in [0.25, 0.3) is 0 Å². The van der Waals surface area contributed by atoms with Crippen LogP contribution in [0.3, 0.4) is 0 Å². The number of benzene rings is 1. The quantitative estimate of drug-likeness (QED) is 0.769. The lowest BCUT2D eigenvalue weighted by atomic mass is 10.1. The molecule has 1 fully saturated rings. The molecule has 0 aromatic heterocycles. The van der Waals surface area contributed by atoms with Crippen molar-refractivity contribution in [3.8, 4) is 17.2 Å². The van der Waals surface area contributed by atoms with Crippen molar-refractivity contribution in [2.24, 2.45) is 0 Å². The molecule has 0 aliphatic carbocycles. The Labute approximate surface area is 152 Å². The standard InChI is InChI=1S/C15H16F4N2O4.ClH/c1-21(13(22)9-4-15(18,19)6-20-9)5-8-2-11-12(24-7-23-11)3-10(8)25-14(16)17;/h2-3,9,14,20H,4-7H2,1H3;1H. The summed E-state index contributed by atoms with van der Waals surface area (Å²) in [5.41, 5.74) is 0.255. The lowest BCUT2D eigenvalue weighted by molar-refractivity contribution is -0.133. The van der Waals surface area contributed by atoms with Gasteiger partial charge in [0.05, 0.1) is 12.6 Å². The Balaban J connectivity index is 0.00000243. The average Bonchev–Trinajstić information content (AvgIpc) is 3.11. The number of carbonyl (C=O) groups excluding carboxylic acids is 1. The van der Waals surface area contributed by atoms with Crippen molar-refractivity contribution in [3.05, 3.63) is 17.7 Å². The predicted octanol–water partition coefficient (Wildman–Crippen LogP) is 2.39. The number of likely N-dealkylation sites (N-methyl/N-ethyl adjacent to an activating group) is 1. The van der Waals surface area contributed by atoms with Crippen molar-refractivity contribution in [2.75, 3.05) is 20.4 Å². The van der Waals surface area contributed by atoms with E-state index in [2.05, 4.69) is 10.1 Å². The van der Waals surface area contributed by atoms with Gasteiger partial charge in [-0.15, -0.1) is 12.4 Å². The summed E-state index contributed by atoms with van der Waals surface area (Å²) in [4.78, 5) is 13.5.